The molecule has 9 nitrogen and oxygen atoms in total. The molecule has 31 heavy (non-hydrogen) atoms. The van der Waals surface area contributed by atoms with Crippen molar-refractivity contribution in [3.63, 3.8) is 0 Å². The smallest absolute Gasteiger partial charge is 0.330 e. The van der Waals surface area contributed by atoms with Gasteiger partial charge in [-0.05, 0) is 30.7 Å². The van der Waals surface area contributed by atoms with Gasteiger partial charge in [0, 0.05) is 27.1 Å². The van der Waals surface area contributed by atoms with Gasteiger partial charge in [0.1, 0.15) is 0 Å². The van der Waals surface area contributed by atoms with Gasteiger partial charge < -0.3 is 5.32 Å². The van der Waals surface area contributed by atoms with Crippen molar-refractivity contribution in [3.8, 4) is 0 Å². The largest absolute Gasteiger partial charge is 0.350 e. The Kier molecular flexibility index (Phi) is 6.42. The van der Waals surface area contributed by atoms with Gasteiger partial charge in [0.2, 0.25) is 15.9 Å². The third-order valence-electron chi connectivity index (χ3n) is 5.07. The topological polar surface area (TPSA) is 119 Å². The summed E-state index contributed by atoms with van der Waals surface area (Å²) in [6, 6.07) is 13.2. The highest BCUT2D eigenvalue weighted by atomic mass is 32.2. The predicted octanol–water partition coefficient (Wildman–Crippen LogP) is 0.783. The SMILES string of the molecule is C[C@H](NC(=O)CCNS(=O)(=O)c1ccc2c(c1)c(=O)n(C)c(=O)n2C)c1ccccc1. The Bertz CT molecular complexity index is 1340. The Labute approximate surface area is 179 Å². The summed E-state index contributed by atoms with van der Waals surface area (Å²) in [5, 5.41) is 2.93. The molecule has 164 valence electrons. The number of rotatable bonds is 7. The molecule has 0 unspecified atom stereocenters. The van der Waals surface area contributed by atoms with Crippen LogP contribution in [0.4, 0.5) is 0 Å². The lowest BCUT2D eigenvalue weighted by Gasteiger charge is -2.14. The van der Waals surface area contributed by atoms with Crippen LogP contribution in [0, 0.1) is 0 Å². The molecule has 2 N–H and O–H groups in total. The average Bonchev–Trinajstić information content (AvgIpc) is 2.76. The minimum atomic E-state index is -3.95. The fraction of sp³-hybridized carbons (Fsp3) is 0.286. The van der Waals surface area contributed by atoms with Crippen molar-refractivity contribution in [2.75, 3.05) is 6.54 Å². The Morgan fingerprint density at radius 3 is 2.39 bits per heavy atom. The van der Waals surface area contributed by atoms with E-state index in [-0.39, 0.29) is 35.2 Å². The molecule has 0 radical (unpaired) electrons. The van der Waals surface area contributed by atoms with Crippen molar-refractivity contribution < 1.29 is 13.2 Å². The summed E-state index contributed by atoms with van der Waals surface area (Å²) in [6.45, 7) is 1.75. The first-order chi connectivity index (χ1) is 14.6. The molecule has 0 spiro atoms. The van der Waals surface area contributed by atoms with Crippen LogP contribution in [0.2, 0.25) is 0 Å². The van der Waals surface area contributed by atoms with Gasteiger partial charge in [-0.1, -0.05) is 30.3 Å². The van der Waals surface area contributed by atoms with Crippen molar-refractivity contribution in [1.82, 2.24) is 19.2 Å². The molecule has 1 amide bonds. The molecule has 2 aromatic carbocycles. The molecule has 3 rings (SSSR count). The van der Waals surface area contributed by atoms with E-state index >= 15 is 0 Å². The molecule has 0 aliphatic heterocycles. The van der Waals surface area contributed by atoms with Crippen LogP contribution >= 0.6 is 0 Å². The maximum Gasteiger partial charge on any atom is 0.330 e. The summed E-state index contributed by atoms with van der Waals surface area (Å²) < 4.78 is 29.8. The number of nitrogens with zero attached hydrogens (tertiary/aromatic N) is 2. The van der Waals surface area contributed by atoms with Gasteiger partial charge in [0.05, 0.1) is 21.8 Å². The number of hydrogen-bond donors (Lipinski definition) is 2. The molecule has 0 bridgehead atoms. The predicted molar refractivity (Wildman–Crippen MR) is 117 cm³/mol. The molecule has 3 aromatic rings. The zero-order valence-electron chi connectivity index (χ0n) is 17.5. The van der Waals surface area contributed by atoms with Gasteiger partial charge in [0.15, 0.2) is 0 Å². The first-order valence-electron chi connectivity index (χ1n) is 9.65. The van der Waals surface area contributed by atoms with Crippen molar-refractivity contribution in [2.45, 2.75) is 24.3 Å². The van der Waals surface area contributed by atoms with E-state index in [9.17, 15) is 22.8 Å². The van der Waals surface area contributed by atoms with Crippen LogP contribution in [0.25, 0.3) is 10.9 Å². The van der Waals surface area contributed by atoms with Crippen LogP contribution in [-0.2, 0) is 28.9 Å². The van der Waals surface area contributed by atoms with Gasteiger partial charge in [-0.3, -0.25) is 18.7 Å². The highest BCUT2D eigenvalue weighted by Crippen LogP contribution is 2.15. The Morgan fingerprint density at radius 1 is 1.03 bits per heavy atom. The standard InChI is InChI=1S/C21H24N4O5S/c1-14(15-7-5-4-6-8-15)23-19(26)11-12-22-31(29,30)16-9-10-18-17(13-16)20(27)25(3)21(28)24(18)2/h4-10,13-14,22H,11-12H2,1-3H3,(H,23,26)/t14-/m0/s1. The summed E-state index contributed by atoms with van der Waals surface area (Å²) in [6.07, 6.45) is -0.0414. The quantitative estimate of drug-likeness (QED) is 0.558. The van der Waals surface area contributed by atoms with Gasteiger partial charge in [-0.2, -0.15) is 0 Å². The first-order valence-corrected chi connectivity index (χ1v) is 11.1. The Hall–Kier alpha value is -3.24. The van der Waals surface area contributed by atoms with E-state index < -0.39 is 21.3 Å². The lowest BCUT2D eigenvalue weighted by molar-refractivity contribution is -0.121. The van der Waals surface area contributed by atoms with Gasteiger partial charge >= 0.3 is 5.69 Å². The van der Waals surface area contributed by atoms with E-state index in [0.29, 0.717) is 5.52 Å². The number of benzene rings is 2. The number of aryl methyl sites for hydroxylation is 1. The third kappa shape index (κ3) is 4.75. The normalized spacial score (nSPS) is 12.6. The minimum absolute atomic E-state index is 0.0414. The van der Waals surface area contributed by atoms with E-state index in [2.05, 4.69) is 10.0 Å². The van der Waals surface area contributed by atoms with E-state index in [4.69, 9.17) is 0 Å². The van der Waals surface area contributed by atoms with E-state index in [1.54, 1.807) is 0 Å². The molecule has 1 heterocycles. The van der Waals surface area contributed by atoms with Gasteiger partial charge in [-0.25, -0.2) is 17.9 Å². The van der Waals surface area contributed by atoms with Crippen molar-refractivity contribution in [3.05, 3.63) is 74.9 Å². The number of nitrogens with one attached hydrogen (secondary N) is 2. The second kappa shape index (κ2) is 8.86. The number of hydrogen-bond acceptors (Lipinski definition) is 5. The molecule has 0 saturated heterocycles. The van der Waals surface area contributed by atoms with Crippen LogP contribution in [0.15, 0.2) is 63.0 Å². The summed E-state index contributed by atoms with van der Waals surface area (Å²) in [4.78, 5) is 36.4. The summed E-state index contributed by atoms with van der Waals surface area (Å²) in [5.74, 6) is -0.290. The van der Waals surface area contributed by atoms with E-state index in [1.807, 2.05) is 37.3 Å². The summed E-state index contributed by atoms with van der Waals surface area (Å²) in [7, 11) is -1.11. The van der Waals surface area contributed by atoms with E-state index in [0.717, 1.165) is 10.1 Å². The van der Waals surface area contributed by atoms with Gasteiger partial charge in [0.25, 0.3) is 5.56 Å². The van der Waals surface area contributed by atoms with Crippen LogP contribution < -0.4 is 21.3 Å². The molecular formula is C21H24N4O5S. The maximum absolute atomic E-state index is 12.6. The lowest BCUT2D eigenvalue weighted by Crippen LogP contribution is -2.37. The second-order valence-electron chi connectivity index (χ2n) is 7.23. The monoisotopic (exact) mass is 444 g/mol. The molecule has 1 aromatic heterocycles. The molecule has 0 fully saturated rings. The zero-order chi connectivity index (χ0) is 22.8. The fourth-order valence-corrected chi connectivity index (χ4v) is 4.32. The highest BCUT2D eigenvalue weighted by Gasteiger charge is 2.18. The molecule has 0 aliphatic rings. The number of carbonyl (C=O) groups is 1. The summed E-state index contributed by atoms with van der Waals surface area (Å²) in [5.41, 5.74) is 0.205. The Balaban J connectivity index is 1.70. The summed E-state index contributed by atoms with van der Waals surface area (Å²) >= 11 is 0. The minimum Gasteiger partial charge on any atom is -0.350 e. The number of carbonyl (C=O) groups excluding carboxylic acids is 1. The molecule has 10 heteroatoms. The maximum atomic E-state index is 12.6. The van der Waals surface area contributed by atoms with Crippen LogP contribution in [0.1, 0.15) is 24.9 Å². The fourth-order valence-electron chi connectivity index (χ4n) is 3.26. The van der Waals surface area contributed by atoms with Crippen molar-refractivity contribution in [2.24, 2.45) is 14.1 Å². The first kappa shape index (κ1) is 22.4. The zero-order valence-corrected chi connectivity index (χ0v) is 18.3. The number of amides is 1. The molecule has 1 atom stereocenters. The van der Waals surface area contributed by atoms with Crippen LogP contribution in [0.3, 0.4) is 0 Å². The molecular weight excluding hydrogens is 420 g/mol. The Morgan fingerprint density at radius 2 is 1.71 bits per heavy atom. The number of aromatic nitrogens is 2. The van der Waals surface area contributed by atoms with Crippen LogP contribution in [0.5, 0.6) is 0 Å². The van der Waals surface area contributed by atoms with Crippen molar-refractivity contribution >= 4 is 26.8 Å². The van der Waals surface area contributed by atoms with E-state index in [1.165, 1.54) is 36.9 Å². The third-order valence-corrected chi connectivity index (χ3v) is 6.53. The van der Waals surface area contributed by atoms with Crippen LogP contribution in [-0.4, -0.2) is 30.0 Å². The highest BCUT2D eigenvalue weighted by molar-refractivity contribution is 7.89. The second-order valence-corrected chi connectivity index (χ2v) is 9.00. The molecule has 0 aliphatic carbocycles. The van der Waals surface area contributed by atoms with Gasteiger partial charge in [-0.15, -0.1) is 0 Å². The lowest BCUT2D eigenvalue weighted by atomic mass is 10.1. The average molecular weight is 445 g/mol. The molecule has 0 saturated carbocycles. The van der Waals surface area contributed by atoms with Crippen molar-refractivity contribution in [1.29, 1.82) is 0 Å². The number of fused-ring (bicyclic) bond motifs is 1. The number of sulfonamides is 1.